The van der Waals surface area contributed by atoms with E-state index in [2.05, 4.69) is 22.6 Å². The minimum Gasteiger partial charge on any atom is -0.479 e. The van der Waals surface area contributed by atoms with Crippen LogP contribution in [0, 0.1) is 3.57 Å². The van der Waals surface area contributed by atoms with Gasteiger partial charge in [-0.25, -0.2) is 4.79 Å². The van der Waals surface area contributed by atoms with E-state index in [0.717, 1.165) is 34.8 Å². The molecule has 1 saturated carbocycles. The fourth-order valence-electron chi connectivity index (χ4n) is 3.13. The SMILES string of the molecule is C[C@@]1(C(=O)O)OC2(CCCC2)O[C@H]1c1ccccc1I. The number of carbonyl (C=O) groups is 1. The van der Waals surface area contributed by atoms with E-state index in [0.29, 0.717) is 0 Å². The standard InChI is InChI=1S/C15H17IO4/c1-14(13(17)18)12(10-6-2-3-7-11(10)16)19-15(20-14)8-4-5-9-15/h2-3,6-7,12H,4-5,8-9H2,1H3,(H,17,18)/t12-,14+/m0/s1. The molecule has 108 valence electrons. The molecule has 0 amide bonds. The lowest BCUT2D eigenvalue weighted by Gasteiger charge is -2.25. The van der Waals surface area contributed by atoms with Crippen molar-refractivity contribution in [1.29, 1.82) is 0 Å². The summed E-state index contributed by atoms with van der Waals surface area (Å²) in [6.07, 6.45) is 3.03. The number of hydrogen-bond donors (Lipinski definition) is 1. The highest BCUT2D eigenvalue weighted by Crippen LogP contribution is 2.52. The molecule has 5 heteroatoms. The van der Waals surface area contributed by atoms with Crippen molar-refractivity contribution in [3.05, 3.63) is 33.4 Å². The van der Waals surface area contributed by atoms with Crippen molar-refractivity contribution in [2.45, 2.75) is 50.1 Å². The first-order valence-electron chi connectivity index (χ1n) is 6.83. The zero-order chi connectivity index (χ0) is 14.4. The second-order valence-electron chi connectivity index (χ2n) is 5.65. The summed E-state index contributed by atoms with van der Waals surface area (Å²) in [6, 6.07) is 7.72. The normalized spacial score (nSPS) is 31.8. The summed E-state index contributed by atoms with van der Waals surface area (Å²) in [4.78, 5) is 11.8. The van der Waals surface area contributed by atoms with Crippen LogP contribution in [0.25, 0.3) is 0 Å². The van der Waals surface area contributed by atoms with E-state index in [1.54, 1.807) is 6.92 Å². The summed E-state index contributed by atoms with van der Waals surface area (Å²) in [7, 11) is 0. The Hall–Kier alpha value is -0.660. The van der Waals surface area contributed by atoms with Crippen molar-refractivity contribution < 1.29 is 19.4 Å². The van der Waals surface area contributed by atoms with Crippen molar-refractivity contribution in [1.82, 2.24) is 0 Å². The predicted molar refractivity (Wildman–Crippen MR) is 81.3 cm³/mol. The highest BCUT2D eigenvalue weighted by atomic mass is 127. The van der Waals surface area contributed by atoms with Crippen LogP contribution < -0.4 is 0 Å². The molecule has 1 heterocycles. The van der Waals surface area contributed by atoms with E-state index in [4.69, 9.17) is 9.47 Å². The Bertz CT molecular complexity index is 538. The number of rotatable bonds is 2. The number of hydrogen-bond acceptors (Lipinski definition) is 3. The molecule has 0 radical (unpaired) electrons. The van der Waals surface area contributed by atoms with Crippen molar-refractivity contribution in [3.63, 3.8) is 0 Å². The largest absolute Gasteiger partial charge is 0.479 e. The summed E-state index contributed by atoms with van der Waals surface area (Å²) in [5.41, 5.74) is -0.437. The second kappa shape index (κ2) is 4.96. The number of benzene rings is 1. The molecule has 1 N–H and O–H groups in total. The first-order valence-corrected chi connectivity index (χ1v) is 7.91. The number of carboxylic acid groups (broad SMARTS) is 1. The van der Waals surface area contributed by atoms with Gasteiger partial charge in [0.1, 0.15) is 6.10 Å². The van der Waals surface area contributed by atoms with Crippen LogP contribution in [-0.2, 0) is 14.3 Å². The maximum Gasteiger partial charge on any atom is 0.338 e. The average Bonchev–Trinajstić information content (AvgIpc) is 2.97. The Balaban J connectivity index is 2.03. The van der Waals surface area contributed by atoms with Crippen LogP contribution in [0.4, 0.5) is 0 Å². The lowest BCUT2D eigenvalue weighted by atomic mass is 9.93. The summed E-state index contributed by atoms with van der Waals surface area (Å²) in [5.74, 6) is -1.68. The van der Waals surface area contributed by atoms with Crippen LogP contribution in [0.1, 0.15) is 44.3 Å². The Morgan fingerprint density at radius 2 is 2.00 bits per heavy atom. The van der Waals surface area contributed by atoms with E-state index in [1.165, 1.54) is 0 Å². The molecule has 0 aromatic heterocycles. The van der Waals surface area contributed by atoms with Crippen LogP contribution in [0.3, 0.4) is 0 Å². The summed E-state index contributed by atoms with van der Waals surface area (Å²) in [5, 5.41) is 9.63. The third kappa shape index (κ3) is 2.16. The van der Waals surface area contributed by atoms with E-state index in [9.17, 15) is 9.90 Å². The Morgan fingerprint density at radius 1 is 1.35 bits per heavy atom. The summed E-state index contributed by atoms with van der Waals surface area (Å²) < 4.78 is 13.1. The van der Waals surface area contributed by atoms with Crippen molar-refractivity contribution in [2.24, 2.45) is 0 Å². The number of halogens is 1. The second-order valence-corrected chi connectivity index (χ2v) is 6.81. The third-order valence-electron chi connectivity index (χ3n) is 4.21. The van der Waals surface area contributed by atoms with Crippen LogP contribution in [0.2, 0.25) is 0 Å². The maximum absolute atomic E-state index is 11.8. The molecular weight excluding hydrogens is 371 g/mol. The van der Waals surface area contributed by atoms with Gasteiger partial charge in [0.2, 0.25) is 0 Å². The Morgan fingerprint density at radius 3 is 2.60 bits per heavy atom. The predicted octanol–water partition coefficient (Wildman–Crippen LogP) is 3.49. The van der Waals surface area contributed by atoms with Crippen LogP contribution in [0.5, 0.6) is 0 Å². The molecule has 0 bridgehead atoms. The van der Waals surface area contributed by atoms with Crippen molar-refractivity contribution in [3.8, 4) is 0 Å². The van der Waals surface area contributed by atoms with Crippen LogP contribution in [-0.4, -0.2) is 22.5 Å². The van der Waals surface area contributed by atoms with Crippen molar-refractivity contribution >= 4 is 28.6 Å². The van der Waals surface area contributed by atoms with Gasteiger partial charge >= 0.3 is 5.97 Å². The minimum absolute atomic E-state index is 0.564. The maximum atomic E-state index is 11.8. The molecule has 1 aromatic carbocycles. The first kappa shape index (κ1) is 14.3. The molecule has 0 unspecified atom stereocenters. The van der Waals surface area contributed by atoms with Gasteiger partial charge in [0.15, 0.2) is 11.4 Å². The fourth-order valence-corrected chi connectivity index (χ4v) is 3.80. The smallest absolute Gasteiger partial charge is 0.338 e. The van der Waals surface area contributed by atoms with Gasteiger partial charge in [0.25, 0.3) is 0 Å². The molecular formula is C15H17IO4. The topological polar surface area (TPSA) is 55.8 Å². The van der Waals surface area contributed by atoms with Gasteiger partial charge in [-0.05, 0) is 54.0 Å². The van der Waals surface area contributed by atoms with Gasteiger partial charge in [0.05, 0.1) is 0 Å². The zero-order valence-electron chi connectivity index (χ0n) is 11.3. The molecule has 2 fully saturated rings. The first-order chi connectivity index (χ1) is 9.47. The molecule has 1 saturated heterocycles. The van der Waals surface area contributed by atoms with E-state index in [-0.39, 0.29) is 0 Å². The molecule has 1 aromatic rings. The third-order valence-corrected chi connectivity index (χ3v) is 5.19. The molecule has 1 aliphatic carbocycles. The zero-order valence-corrected chi connectivity index (χ0v) is 13.4. The quantitative estimate of drug-likeness (QED) is 0.789. The Labute approximate surface area is 131 Å². The number of ether oxygens (including phenoxy) is 2. The molecule has 4 nitrogen and oxygen atoms in total. The minimum atomic E-state index is -1.33. The van der Waals surface area contributed by atoms with Gasteiger partial charge in [-0.15, -0.1) is 0 Å². The van der Waals surface area contributed by atoms with Gasteiger partial charge in [-0.1, -0.05) is 18.2 Å². The highest BCUT2D eigenvalue weighted by molar-refractivity contribution is 14.1. The van der Waals surface area contributed by atoms with Crippen LogP contribution >= 0.6 is 22.6 Å². The number of aliphatic carboxylic acids is 1. The summed E-state index contributed by atoms with van der Waals surface area (Å²) in [6.45, 7) is 1.62. The highest BCUT2D eigenvalue weighted by Gasteiger charge is 2.60. The molecule has 20 heavy (non-hydrogen) atoms. The molecule has 1 aliphatic heterocycles. The monoisotopic (exact) mass is 388 g/mol. The van der Waals surface area contributed by atoms with Crippen LogP contribution in [0.15, 0.2) is 24.3 Å². The number of carboxylic acids is 1. The molecule has 3 rings (SSSR count). The fraction of sp³-hybridized carbons (Fsp3) is 0.533. The van der Waals surface area contributed by atoms with E-state index >= 15 is 0 Å². The van der Waals surface area contributed by atoms with Crippen molar-refractivity contribution in [2.75, 3.05) is 0 Å². The van der Waals surface area contributed by atoms with Gasteiger partial charge in [0, 0.05) is 16.4 Å². The summed E-state index contributed by atoms with van der Waals surface area (Å²) >= 11 is 2.21. The lowest BCUT2D eigenvalue weighted by Crippen LogP contribution is -2.41. The average molecular weight is 388 g/mol. The van der Waals surface area contributed by atoms with E-state index in [1.807, 2.05) is 24.3 Å². The van der Waals surface area contributed by atoms with Gasteiger partial charge in [-0.2, -0.15) is 0 Å². The lowest BCUT2D eigenvalue weighted by molar-refractivity contribution is -0.194. The molecule has 1 spiro atoms. The van der Waals surface area contributed by atoms with E-state index < -0.39 is 23.5 Å². The molecule has 2 atom stereocenters. The molecule has 2 aliphatic rings. The van der Waals surface area contributed by atoms with Gasteiger partial charge in [-0.3, -0.25) is 0 Å². The van der Waals surface area contributed by atoms with Gasteiger partial charge < -0.3 is 14.6 Å². The Kier molecular flexibility index (Phi) is 3.54.